The Kier molecular flexibility index (Phi) is 5.02. The van der Waals surface area contributed by atoms with Crippen molar-refractivity contribution in [2.75, 3.05) is 6.54 Å². The minimum atomic E-state index is -4.71. The van der Waals surface area contributed by atoms with Crippen molar-refractivity contribution < 1.29 is 18.0 Å². The highest BCUT2D eigenvalue weighted by atomic mass is 19.4. The van der Waals surface area contributed by atoms with E-state index in [0.29, 0.717) is 9.25 Å². The van der Waals surface area contributed by atoms with Gasteiger partial charge in [0.1, 0.15) is 0 Å². The van der Waals surface area contributed by atoms with Crippen LogP contribution < -0.4 is 11.0 Å². The first-order valence-corrected chi connectivity index (χ1v) is 8.22. The van der Waals surface area contributed by atoms with Gasteiger partial charge in [-0.2, -0.15) is 13.2 Å². The zero-order chi connectivity index (χ0) is 19.6. The van der Waals surface area contributed by atoms with E-state index in [9.17, 15) is 22.8 Å². The van der Waals surface area contributed by atoms with E-state index < -0.39 is 17.7 Å². The standard InChI is InChI=1S/C18H17F3N4O2/c1-24-16(18(19,20)21)23-25(17(24)27)10-9-22-15(26)11-13-7-4-6-12-5-2-3-8-14(12)13/h2-8H,9-11H2,1H3,(H,22,26). The molecule has 1 heterocycles. The lowest BCUT2D eigenvalue weighted by Crippen LogP contribution is -2.32. The number of benzene rings is 2. The second-order valence-corrected chi connectivity index (χ2v) is 6.05. The van der Waals surface area contributed by atoms with Crippen molar-refractivity contribution in [3.8, 4) is 0 Å². The number of alkyl halides is 3. The zero-order valence-electron chi connectivity index (χ0n) is 14.5. The summed E-state index contributed by atoms with van der Waals surface area (Å²) >= 11 is 0. The number of hydrogen-bond acceptors (Lipinski definition) is 3. The number of nitrogens with zero attached hydrogens (tertiary/aromatic N) is 3. The molecular formula is C18H17F3N4O2. The van der Waals surface area contributed by atoms with Crippen molar-refractivity contribution in [1.82, 2.24) is 19.7 Å². The maximum atomic E-state index is 12.8. The Hall–Kier alpha value is -3.10. The summed E-state index contributed by atoms with van der Waals surface area (Å²) in [6.07, 6.45) is -4.58. The van der Waals surface area contributed by atoms with E-state index in [4.69, 9.17) is 0 Å². The van der Waals surface area contributed by atoms with Gasteiger partial charge in [0, 0.05) is 13.6 Å². The molecular weight excluding hydrogens is 361 g/mol. The monoisotopic (exact) mass is 378 g/mol. The van der Waals surface area contributed by atoms with Gasteiger partial charge in [0.05, 0.1) is 13.0 Å². The average Bonchev–Trinajstić information content (AvgIpc) is 2.91. The highest BCUT2D eigenvalue weighted by molar-refractivity contribution is 5.90. The third kappa shape index (κ3) is 4.02. The van der Waals surface area contributed by atoms with Gasteiger partial charge in [-0.1, -0.05) is 42.5 Å². The molecule has 0 unspecified atom stereocenters. The average molecular weight is 378 g/mol. The van der Waals surface area contributed by atoms with Gasteiger partial charge in [0.25, 0.3) is 0 Å². The number of hydrogen-bond donors (Lipinski definition) is 1. The van der Waals surface area contributed by atoms with Gasteiger partial charge in [-0.15, -0.1) is 5.10 Å². The molecule has 1 aromatic heterocycles. The van der Waals surface area contributed by atoms with Crippen molar-refractivity contribution in [3.05, 3.63) is 64.3 Å². The number of halogens is 3. The Morgan fingerprint density at radius 3 is 2.56 bits per heavy atom. The summed E-state index contributed by atoms with van der Waals surface area (Å²) in [5.41, 5.74) is -0.0365. The fourth-order valence-electron chi connectivity index (χ4n) is 2.86. The van der Waals surface area contributed by atoms with E-state index >= 15 is 0 Å². The van der Waals surface area contributed by atoms with Crippen molar-refractivity contribution in [1.29, 1.82) is 0 Å². The topological polar surface area (TPSA) is 68.9 Å². The van der Waals surface area contributed by atoms with Crippen LogP contribution in [0, 0.1) is 0 Å². The third-order valence-corrected chi connectivity index (χ3v) is 4.17. The second kappa shape index (κ2) is 7.26. The molecule has 0 atom stereocenters. The highest BCUT2D eigenvalue weighted by Gasteiger charge is 2.37. The van der Waals surface area contributed by atoms with Crippen LogP contribution in [0.15, 0.2) is 47.3 Å². The molecule has 0 bridgehead atoms. The quantitative estimate of drug-likeness (QED) is 0.739. The lowest BCUT2D eigenvalue weighted by atomic mass is 10.0. The summed E-state index contributed by atoms with van der Waals surface area (Å²) < 4.78 is 39.4. The normalized spacial score (nSPS) is 11.7. The molecule has 6 nitrogen and oxygen atoms in total. The van der Waals surface area contributed by atoms with Crippen LogP contribution in [-0.4, -0.2) is 26.8 Å². The molecule has 3 rings (SSSR count). The van der Waals surface area contributed by atoms with E-state index in [1.54, 1.807) is 0 Å². The Morgan fingerprint density at radius 1 is 1.15 bits per heavy atom. The smallest absolute Gasteiger partial charge is 0.354 e. The van der Waals surface area contributed by atoms with Crippen LogP contribution in [0.4, 0.5) is 13.2 Å². The molecule has 1 amide bonds. The number of nitrogens with one attached hydrogen (secondary N) is 1. The van der Waals surface area contributed by atoms with Crippen molar-refractivity contribution >= 4 is 16.7 Å². The van der Waals surface area contributed by atoms with Crippen LogP contribution in [0.5, 0.6) is 0 Å². The first-order chi connectivity index (χ1) is 12.8. The Bertz CT molecular complexity index is 1030. The molecule has 2 aromatic carbocycles. The number of aromatic nitrogens is 3. The molecule has 0 radical (unpaired) electrons. The van der Waals surface area contributed by atoms with Gasteiger partial charge < -0.3 is 5.32 Å². The van der Waals surface area contributed by atoms with E-state index in [1.807, 2.05) is 42.5 Å². The summed E-state index contributed by atoms with van der Waals surface area (Å²) in [6, 6.07) is 13.3. The second-order valence-electron chi connectivity index (χ2n) is 6.05. The van der Waals surface area contributed by atoms with Gasteiger partial charge in [-0.25, -0.2) is 9.48 Å². The number of carbonyl (C=O) groups excluding carboxylic acids is 1. The highest BCUT2D eigenvalue weighted by Crippen LogP contribution is 2.25. The fourth-order valence-corrected chi connectivity index (χ4v) is 2.86. The van der Waals surface area contributed by atoms with Crippen molar-refractivity contribution in [2.24, 2.45) is 7.05 Å². The third-order valence-electron chi connectivity index (χ3n) is 4.17. The van der Waals surface area contributed by atoms with E-state index in [0.717, 1.165) is 23.4 Å². The van der Waals surface area contributed by atoms with E-state index in [1.165, 1.54) is 0 Å². The molecule has 0 saturated heterocycles. The summed E-state index contributed by atoms with van der Waals surface area (Å²) in [5, 5.41) is 7.88. The van der Waals surface area contributed by atoms with Crippen LogP contribution in [0.25, 0.3) is 10.8 Å². The van der Waals surface area contributed by atoms with E-state index in [2.05, 4.69) is 10.4 Å². The molecule has 142 valence electrons. The summed E-state index contributed by atoms with van der Waals surface area (Å²) in [6.45, 7) is -0.151. The van der Waals surface area contributed by atoms with E-state index in [-0.39, 0.29) is 25.4 Å². The predicted octanol–water partition coefficient (Wildman–Crippen LogP) is 2.11. The van der Waals surface area contributed by atoms with Gasteiger partial charge in [-0.3, -0.25) is 9.36 Å². The van der Waals surface area contributed by atoms with Crippen LogP contribution in [0.3, 0.4) is 0 Å². The molecule has 0 aliphatic heterocycles. The first-order valence-electron chi connectivity index (χ1n) is 8.22. The fraction of sp³-hybridized carbons (Fsp3) is 0.278. The molecule has 1 N–H and O–H groups in total. The number of fused-ring (bicyclic) bond motifs is 1. The summed E-state index contributed by atoms with van der Waals surface area (Å²) in [4.78, 5) is 24.0. The van der Waals surface area contributed by atoms with Crippen LogP contribution in [-0.2, 0) is 31.0 Å². The Balaban J connectivity index is 1.63. The van der Waals surface area contributed by atoms with Gasteiger partial charge in [0.15, 0.2) is 0 Å². The maximum Gasteiger partial charge on any atom is 0.451 e. The Labute approximate surface area is 152 Å². The molecule has 0 saturated carbocycles. The number of amides is 1. The lowest BCUT2D eigenvalue weighted by Gasteiger charge is -2.08. The number of rotatable bonds is 5. The maximum absolute atomic E-state index is 12.8. The van der Waals surface area contributed by atoms with Crippen LogP contribution >= 0.6 is 0 Å². The minimum absolute atomic E-state index is 0.00217. The van der Waals surface area contributed by atoms with Crippen LogP contribution in [0.1, 0.15) is 11.4 Å². The minimum Gasteiger partial charge on any atom is -0.354 e. The molecule has 0 fully saturated rings. The SMILES string of the molecule is Cn1c(C(F)(F)F)nn(CCNC(=O)Cc2cccc3ccccc23)c1=O. The number of carbonyl (C=O) groups is 1. The molecule has 27 heavy (non-hydrogen) atoms. The predicted molar refractivity (Wildman–Crippen MR) is 93.1 cm³/mol. The molecule has 3 aromatic rings. The van der Waals surface area contributed by atoms with Crippen molar-refractivity contribution in [3.63, 3.8) is 0 Å². The first kappa shape index (κ1) is 18.7. The molecule has 9 heteroatoms. The summed E-state index contributed by atoms with van der Waals surface area (Å²) in [7, 11) is 1.01. The van der Waals surface area contributed by atoms with Gasteiger partial charge >= 0.3 is 11.9 Å². The molecule has 0 aliphatic rings. The lowest BCUT2D eigenvalue weighted by molar-refractivity contribution is -0.147. The van der Waals surface area contributed by atoms with Gasteiger partial charge in [0.2, 0.25) is 11.7 Å². The molecule has 0 spiro atoms. The van der Waals surface area contributed by atoms with Crippen LogP contribution in [0.2, 0.25) is 0 Å². The Morgan fingerprint density at radius 2 is 1.85 bits per heavy atom. The van der Waals surface area contributed by atoms with Crippen molar-refractivity contribution in [2.45, 2.75) is 19.1 Å². The largest absolute Gasteiger partial charge is 0.451 e. The zero-order valence-corrected chi connectivity index (χ0v) is 14.5. The molecule has 0 aliphatic carbocycles. The summed E-state index contributed by atoms with van der Waals surface area (Å²) in [5.74, 6) is -1.55. The van der Waals surface area contributed by atoms with Gasteiger partial charge in [-0.05, 0) is 16.3 Å².